The van der Waals surface area contributed by atoms with E-state index in [4.69, 9.17) is 4.42 Å². The van der Waals surface area contributed by atoms with Crippen LogP contribution in [-0.4, -0.2) is 34.3 Å². The van der Waals surface area contributed by atoms with Gasteiger partial charge in [0.15, 0.2) is 11.4 Å². The first-order valence-corrected chi connectivity index (χ1v) is 6.88. The lowest BCUT2D eigenvalue weighted by molar-refractivity contribution is 0.301. The molecular weight excluding hydrogens is 254 g/mol. The maximum Gasteiger partial charge on any atom is 0.196 e. The second kappa shape index (κ2) is 4.45. The molecular formula is C15H15N3O2. The second-order valence-electron chi connectivity index (χ2n) is 5.12. The summed E-state index contributed by atoms with van der Waals surface area (Å²) in [5.41, 5.74) is 2.38. The van der Waals surface area contributed by atoms with Gasteiger partial charge in [-0.15, -0.1) is 0 Å². The van der Waals surface area contributed by atoms with Gasteiger partial charge in [0.1, 0.15) is 17.4 Å². The number of aromatic nitrogens is 2. The van der Waals surface area contributed by atoms with Crippen LogP contribution < -0.4 is 4.90 Å². The number of hydrogen-bond acceptors (Lipinski definition) is 5. The van der Waals surface area contributed by atoms with Crippen LogP contribution in [0.1, 0.15) is 12.8 Å². The van der Waals surface area contributed by atoms with E-state index in [1.165, 1.54) is 0 Å². The van der Waals surface area contributed by atoms with E-state index in [9.17, 15) is 5.11 Å². The fourth-order valence-corrected chi connectivity index (χ4v) is 2.67. The number of nitrogens with zero attached hydrogens (tertiary/aromatic N) is 3. The number of furan rings is 1. The number of hydrogen-bond donors (Lipinski definition) is 1. The summed E-state index contributed by atoms with van der Waals surface area (Å²) in [5, 5.41) is 10.3. The molecule has 2 aromatic heterocycles. The molecule has 0 saturated heterocycles. The van der Waals surface area contributed by atoms with Crippen LogP contribution in [0.15, 0.2) is 35.0 Å². The Kier molecular flexibility index (Phi) is 2.60. The summed E-state index contributed by atoms with van der Waals surface area (Å²) in [5.74, 6) is 0.794. The first kappa shape index (κ1) is 11.7. The zero-order chi connectivity index (χ0) is 13.5. The minimum Gasteiger partial charge on any atom is -0.450 e. The van der Waals surface area contributed by atoms with Gasteiger partial charge in [-0.3, -0.25) is 0 Å². The lowest BCUT2D eigenvalue weighted by Gasteiger charge is -2.21. The summed E-state index contributed by atoms with van der Waals surface area (Å²) in [6.07, 6.45) is 3.86. The Hall–Kier alpha value is -2.14. The van der Waals surface area contributed by atoms with Crippen molar-refractivity contribution in [3.63, 3.8) is 0 Å². The number of fused-ring (bicyclic) bond motifs is 3. The highest BCUT2D eigenvalue weighted by atomic mass is 16.3. The molecule has 3 aromatic rings. The van der Waals surface area contributed by atoms with Gasteiger partial charge in [-0.25, -0.2) is 9.97 Å². The summed E-state index contributed by atoms with van der Waals surface area (Å²) >= 11 is 0. The SMILES string of the molecule is OCCN(c1ncnc2c1oc1ccccc12)C1CC1. The molecule has 5 nitrogen and oxygen atoms in total. The van der Waals surface area contributed by atoms with Crippen LogP contribution >= 0.6 is 0 Å². The zero-order valence-corrected chi connectivity index (χ0v) is 11.0. The van der Waals surface area contributed by atoms with Crippen molar-refractivity contribution in [2.75, 3.05) is 18.1 Å². The van der Waals surface area contributed by atoms with Gasteiger partial charge in [0.25, 0.3) is 0 Å². The fraction of sp³-hybridized carbons (Fsp3) is 0.333. The molecule has 20 heavy (non-hydrogen) atoms. The molecule has 1 N–H and O–H groups in total. The van der Waals surface area contributed by atoms with Crippen molar-refractivity contribution in [2.45, 2.75) is 18.9 Å². The highest BCUT2D eigenvalue weighted by molar-refractivity contribution is 6.05. The molecule has 1 fully saturated rings. The Morgan fingerprint density at radius 1 is 1.25 bits per heavy atom. The molecule has 102 valence electrons. The second-order valence-corrected chi connectivity index (χ2v) is 5.12. The molecule has 0 amide bonds. The highest BCUT2D eigenvalue weighted by Crippen LogP contribution is 2.36. The van der Waals surface area contributed by atoms with Crippen molar-refractivity contribution < 1.29 is 9.52 Å². The van der Waals surface area contributed by atoms with Gasteiger partial charge in [0, 0.05) is 18.0 Å². The van der Waals surface area contributed by atoms with Crippen LogP contribution in [0, 0.1) is 0 Å². The van der Waals surface area contributed by atoms with E-state index >= 15 is 0 Å². The molecule has 0 unspecified atom stereocenters. The van der Waals surface area contributed by atoms with E-state index in [1.807, 2.05) is 24.3 Å². The van der Waals surface area contributed by atoms with Crippen LogP contribution in [0.25, 0.3) is 22.1 Å². The topological polar surface area (TPSA) is 62.4 Å². The summed E-state index contributed by atoms with van der Waals surface area (Å²) in [6.45, 7) is 0.691. The standard InChI is InChI=1S/C15H15N3O2/c19-8-7-18(10-5-6-10)15-14-13(16-9-17-15)11-3-1-2-4-12(11)20-14/h1-4,9-10,19H,5-8H2. The number of anilines is 1. The predicted octanol–water partition coefficient (Wildman–Crippen LogP) is 2.34. The molecule has 0 aliphatic heterocycles. The minimum atomic E-state index is 0.113. The molecule has 4 rings (SSSR count). The smallest absolute Gasteiger partial charge is 0.196 e. The predicted molar refractivity (Wildman–Crippen MR) is 76.8 cm³/mol. The lowest BCUT2D eigenvalue weighted by Crippen LogP contribution is -2.29. The Labute approximate surface area is 115 Å². The summed E-state index contributed by atoms with van der Waals surface area (Å²) < 4.78 is 5.94. The van der Waals surface area contributed by atoms with Gasteiger partial charge < -0.3 is 14.4 Å². The Bertz CT molecular complexity index is 764. The third-order valence-electron chi connectivity index (χ3n) is 3.74. The summed E-state index contributed by atoms with van der Waals surface area (Å²) in [6, 6.07) is 8.34. The van der Waals surface area contributed by atoms with Crippen LogP contribution in [0.3, 0.4) is 0 Å². The third kappa shape index (κ3) is 1.74. The van der Waals surface area contributed by atoms with Gasteiger partial charge in [-0.2, -0.15) is 0 Å². The first-order chi connectivity index (χ1) is 9.88. The van der Waals surface area contributed by atoms with E-state index in [1.54, 1.807) is 6.33 Å². The highest BCUT2D eigenvalue weighted by Gasteiger charge is 2.31. The van der Waals surface area contributed by atoms with E-state index in [0.717, 1.165) is 35.1 Å². The van der Waals surface area contributed by atoms with Crippen molar-refractivity contribution >= 4 is 27.9 Å². The van der Waals surface area contributed by atoms with Crippen LogP contribution in [0.2, 0.25) is 0 Å². The van der Waals surface area contributed by atoms with E-state index in [2.05, 4.69) is 14.9 Å². The Morgan fingerprint density at radius 3 is 2.90 bits per heavy atom. The molecule has 0 radical (unpaired) electrons. The molecule has 2 heterocycles. The lowest BCUT2D eigenvalue weighted by atomic mass is 10.2. The maximum absolute atomic E-state index is 9.27. The molecule has 0 atom stereocenters. The molecule has 1 saturated carbocycles. The molecule has 1 aromatic carbocycles. The fourth-order valence-electron chi connectivity index (χ4n) is 2.67. The van der Waals surface area contributed by atoms with Crippen molar-refractivity contribution in [1.29, 1.82) is 0 Å². The minimum absolute atomic E-state index is 0.113. The quantitative estimate of drug-likeness (QED) is 0.787. The van der Waals surface area contributed by atoms with Crippen LogP contribution in [0.5, 0.6) is 0 Å². The van der Waals surface area contributed by atoms with E-state index in [0.29, 0.717) is 18.2 Å². The van der Waals surface area contributed by atoms with Gasteiger partial charge in [-0.05, 0) is 25.0 Å². The number of rotatable bonds is 4. The van der Waals surface area contributed by atoms with E-state index in [-0.39, 0.29) is 6.61 Å². The van der Waals surface area contributed by atoms with Crippen molar-refractivity contribution in [1.82, 2.24) is 9.97 Å². The number of benzene rings is 1. The van der Waals surface area contributed by atoms with Gasteiger partial charge in [0.2, 0.25) is 0 Å². The third-order valence-corrected chi connectivity index (χ3v) is 3.74. The molecule has 0 spiro atoms. The summed E-state index contributed by atoms with van der Waals surface area (Å²) in [7, 11) is 0. The van der Waals surface area contributed by atoms with E-state index < -0.39 is 0 Å². The monoisotopic (exact) mass is 269 g/mol. The zero-order valence-electron chi connectivity index (χ0n) is 11.0. The average molecular weight is 269 g/mol. The van der Waals surface area contributed by atoms with Crippen molar-refractivity contribution in [3.8, 4) is 0 Å². The number of aliphatic hydroxyl groups is 1. The Morgan fingerprint density at radius 2 is 2.10 bits per heavy atom. The number of para-hydroxylation sites is 1. The molecule has 5 heteroatoms. The molecule has 1 aliphatic carbocycles. The molecule has 0 bridgehead atoms. The van der Waals surface area contributed by atoms with Gasteiger partial charge in [0.05, 0.1) is 6.61 Å². The molecule has 1 aliphatic rings. The van der Waals surface area contributed by atoms with Crippen molar-refractivity contribution in [2.24, 2.45) is 0 Å². The maximum atomic E-state index is 9.27. The van der Waals surface area contributed by atoms with Gasteiger partial charge in [-0.1, -0.05) is 12.1 Å². The first-order valence-electron chi connectivity index (χ1n) is 6.88. The van der Waals surface area contributed by atoms with Gasteiger partial charge >= 0.3 is 0 Å². The number of aliphatic hydroxyl groups excluding tert-OH is 1. The van der Waals surface area contributed by atoms with Crippen molar-refractivity contribution in [3.05, 3.63) is 30.6 Å². The summed E-state index contributed by atoms with van der Waals surface area (Å²) in [4.78, 5) is 10.9. The Balaban J connectivity index is 1.94. The average Bonchev–Trinajstić information content (AvgIpc) is 3.25. The largest absolute Gasteiger partial charge is 0.450 e. The van der Waals surface area contributed by atoms with Crippen LogP contribution in [0.4, 0.5) is 5.82 Å². The van der Waals surface area contributed by atoms with Crippen LogP contribution in [-0.2, 0) is 0 Å². The normalized spacial score (nSPS) is 15.1.